The zero-order chi connectivity index (χ0) is 16.9. The molecule has 12 heteroatoms. The van der Waals surface area contributed by atoms with Crippen molar-refractivity contribution in [1.82, 2.24) is 9.80 Å². The number of carbonyl (C=O) groups is 4. The number of aliphatic carboxylic acids is 2. The Morgan fingerprint density at radius 1 is 0.773 bits per heavy atom. The first kappa shape index (κ1) is 17.5. The molecule has 0 radical (unpaired) electrons. The van der Waals surface area contributed by atoms with Crippen LogP contribution in [0.25, 0.3) is 0 Å². The van der Waals surface area contributed by atoms with E-state index < -0.39 is 49.8 Å². The van der Waals surface area contributed by atoms with Crippen LogP contribution in [0.3, 0.4) is 0 Å². The van der Waals surface area contributed by atoms with Gasteiger partial charge in [0.1, 0.15) is 0 Å². The maximum Gasteiger partial charge on any atom is 0.507 e. The van der Waals surface area contributed by atoms with Gasteiger partial charge < -0.3 is 29.9 Å². The number of hydrogen-bond acceptors (Lipinski definition) is 8. The summed E-state index contributed by atoms with van der Waals surface area (Å²) in [5, 5.41) is 35.0. The molecule has 0 aromatic rings. The number of rotatable bonds is 6. The van der Waals surface area contributed by atoms with E-state index in [0.717, 1.165) is 9.80 Å². The highest BCUT2D eigenvalue weighted by atomic mass is 16.7. The third kappa shape index (κ3) is 5.06. The molecule has 0 aromatic heterocycles. The van der Waals surface area contributed by atoms with Gasteiger partial charge in [0.25, 0.3) is 0 Å². The van der Waals surface area contributed by atoms with E-state index in [1.807, 2.05) is 0 Å². The Kier molecular flexibility index (Phi) is 5.89. The van der Waals surface area contributed by atoms with Crippen LogP contribution in [0.1, 0.15) is 0 Å². The second-order valence-corrected chi connectivity index (χ2v) is 4.28. The maximum absolute atomic E-state index is 10.8. The molecule has 0 spiro atoms. The summed E-state index contributed by atoms with van der Waals surface area (Å²) in [6.07, 6.45) is -6.76. The van der Waals surface area contributed by atoms with Gasteiger partial charge in [-0.1, -0.05) is 0 Å². The molecule has 2 atom stereocenters. The Balaban J connectivity index is 3.03. The Morgan fingerprint density at radius 3 is 1.32 bits per heavy atom. The lowest BCUT2D eigenvalue weighted by atomic mass is 10.2. The minimum Gasteiger partial charge on any atom is -0.480 e. The van der Waals surface area contributed by atoms with Crippen molar-refractivity contribution in [2.75, 3.05) is 26.2 Å². The Labute approximate surface area is 123 Å². The number of ether oxygens (including phenoxy) is 2. The largest absolute Gasteiger partial charge is 0.507 e. The van der Waals surface area contributed by atoms with Crippen molar-refractivity contribution in [3.05, 3.63) is 0 Å². The first-order valence-corrected chi connectivity index (χ1v) is 5.91. The molecule has 124 valence electrons. The monoisotopic (exact) mass is 322 g/mol. The quantitative estimate of drug-likeness (QED) is 0.431. The molecule has 0 amide bonds. The molecule has 4 N–H and O–H groups in total. The Bertz CT molecular complexity index is 425. The second-order valence-electron chi connectivity index (χ2n) is 4.28. The number of carboxylic acids is 2. The molecule has 0 saturated carbocycles. The molecule has 1 heterocycles. The molecule has 1 rings (SSSR count). The van der Waals surface area contributed by atoms with Gasteiger partial charge >= 0.3 is 24.2 Å². The number of carboxylic acid groups (broad SMARTS) is 4. The van der Waals surface area contributed by atoms with E-state index in [0.29, 0.717) is 0 Å². The van der Waals surface area contributed by atoms with E-state index in [2.05, 4.69) is 9.47 Å². The molecular weight excluding hydrogens is 308 g/mol. The highest BCUT2D eigenvalue weighted by Gasteiger charge is 2.43. The van der Waals surface area contributed by atoms with Crippen molar-refractivity contribution >= 4 is 24.2 Å². The van der Waals surface area contributed by atoms with E-state index in [1.54, 1.807) is 0 Å². The summed E-state index contributed by atoms with van der Waals surface area (Å²) in [5.41, 5.74) is 0. The third-order valence-corrected chi connectivity index (χ3v) is 2.76. The van der Waals surface area contributed by atoms with Crippen molar-refractivity contribution < 1.29 is 49.1 Å². The molecule has 1 saturated heterocycles. The predicted molar refractivity (Wildman–Crippen MR) is 64.2 cm³/mol. The van der Waals surface area contributed by atoms with Crippen LogP contribution in [0, 0.1) is 0 Å². The Hall–Kier alpha value is -2.60. The topological polar surface area (TPSA) is 174 Å². The summed E-state index contributed by atoms with van der Waals surface area (Å²) in [5.74, 6) is -2.58. The summed E-state index contributed by atoms with van der Waals surface area (Å²) in [6.45, 7) is -1.34. The van der Waals surface area contributed by atoms with Crippen molar-refractivity contribution in [3.8, 4) is 0 Å². The van der Waals surface area contributed by atoms with Crippen LogP contribution < -0.4 is 0 Å². The minimum absolute atomic E-state index is 0.0446. The molecule has 0 aromatic carbocycles. The van der Waals surface area contributed by atoms with Crippen LogP contribution in [0.4, 0.5) is 9.59 Å². The zero-order valence-corrected chi connectivity index (χ0v) is 11.1. The molecular formula is C10H14N2O10. The average Bonchev–Trinajstić information content (AvgIpc) is 2.34. The van der Waals surface area contributed by atoms with E-state index in [-0.39, 0.29) is 13.1 Å². The lowest BCUT2D eigenvalue weighted by Crippen LogP contribution is -2.63. The van der Waals surface area contributed by atoms with Crippen LogP contribution in [-0.2, 0) is 19.1 Å². The van der Waals surface area contributed by atoms with Crippen molar-refractivity contribution in [2.24, 2.45) is 0 Å². The van der Waals surface area contributed by atoms with Crippen LogP contribution in [0.15, 0.2) is 0 Å². The summed E-state index contributed by atoms with van der Waals surface area (Å²) in [7, 11) is 0. The number of nitrogens with zero attached hydrogens (tertiary/aromatic N) is 2. The highest BCUT2D eigenvalue weighted by Crippen LogP contribution is 2.20. The standard InChI is InChI=1S/C10H14N2O10/c13-5(14)3-11-1-2-12(4-6(15)16)8(22-10(19)20)7(11)21-9(17)18/h7-8H,1-4H2,(H,13,14)(H,15,16)(H,17,18)(H,19,20). The normalized spacial score (nSPS) is 22.7. The van der Waals surface area contributed by atoms with Crippen molar-refractivity contribution in [3.63, 3.8) is 0 Å². The number of hydrogen-bond donors (Lipinski definition) is 4. The van der Waals surface area contributed by atoms with Gasteiger partial charge in [-0.15, -0.1) is 0 Å². The van der Waals surface area contributed by atoms with Crippen LogP contribution in [0.5, 0.6) is 0 Å². The van der Waals surface area contributed by atoms with E-state index in [9.17, 15) is 19.2 Å². The Morgan fingerprint density at radius 2 is 1.09 bits per heavy atom. The molecule has 1 aliphatic rings. The van der Waals surface area contributed by atoms with Crippen LogP contribution >= 0.6 is 0 Å². The highest BCUT2D eigenvalue weighted by molar-refractivity contribution is 5.70. The van der Waals surface area contributed by atoms with Gasteiger partial charge in [0, 0.05) is 13.1 Å². The van der Waals surface area contributed by atoms with Gasteiger partial charge in [-0.05, 0) is 0 Å². The molecule has 1 fully saturated rings. The first-order valence-electron chi connectivity index (χ1n) is 5.91. The SMILES string of the molecule is O=C(O)CN1CCN(CC(=O)O)C(OC(=O)O)C1OC(=O)O. The predicted octanol–water partition coefficient (Wildman–Crippen LogP) is -1.19. The molecule has 2 unspecified atom stereocenters. The summed E-state index contributed by atoms with van der Waals surface area (Å²) < 4.78 is 8.97. The third-order valence-electron chi connectivity index (χ3n) is 2.76. The van der Waals surface area contributed by atoms with E-state index in [1.165, 1.54) is 0 Å². The molecule has 1 aliphatic heterocycles. The first-order chi connectivity index (χ1) is 10.2. The van der Waals surface area contributed by atoms with Crippen molar-refractivity contribution in [2.45, 2.75) is 12.5 Å². The molecule has 12 nitrogen and oxygen atoms in total. The summed E-state index contributed by atoms with van der Waals surface area (Å²) in [6, 6.07) is 0. The van der Waals surface area contributed by atoms with Gasteiger partial charge in [0.05, 0.1) is 13.1 Å². The minimum atomic E-state index is -1.78. The summed E-state index contributed by atoms with van der Waals surface area (Å²) >= 11 is 0. The van der Waals surface area contributed by atoms with Gasteiger partial charge in [0.2, 0.25) is 12.5 Å². The fraction of sp³-hybridized carbons (Fsp3) is 0.600. The second kappa shape index (κ2) is 7.42. The van der Waals surface area contributed by atoms with Crippen molar-refractivity contribution in [1.29, 1.82) is 0 Å². The lowest BCUT2D eigenvalue weighted by Gasteiger charge is -2.43. The smallest absolute Gasteiger partial charge is 0.480 e. The lowest BCUT2D eigenvalue weighted by molar-refractivity contribution is -0.195. The zero-order valence-electron chi connectivity index (χ0n) is 11.1. The average molecular weight is 322 g/mol. The van der Waals surface area contributed by atoms with Gasteiger partial charge in [0.15, 0.2) is 0 Å². The van der Waals surface area contributed by atoms with E-state index >= 15 is 0 Å². The summed E-state index contributed by atoms with van der Waals surface area (Å²) in [4.78, 5) is 45.1. The van der Waals surface area contributed by atoms with Crippen LogP contribution in [0.2, 0.25) is 0 Å². The van der Waals surface area contributed by atoms with Crippen LogP contribution in [-0.4, -0.2) is 93.1 Å². The fourth-order valence-corrected chi connectivity index (χ4v) is 2.03. The van der Waals surface area contributed by atoms with Gasteiger partial charge in [-0.3, -0.25) is 19.4 Å². The maximum atomic E-state index is 10.8. The molecule has 0 bridgehead atoms. The molecule has 22 heavy (non-hydrogen) atoms. The van der Waals surface area contributed by atoms with E-state index in [4.69, 9.17) is 20.4 Å². The van der Waals surface area contributed by atoms with Gasteiger partial charge in [-0.2, -0.15) is 0 Å². The molecule has 0 aliphatic carbocycles. The fourth-order valence-electron chi connectivity index (χ4n) is 2.03. The number of piperazine rings is 1. The van der Waals surface area contributed by atoms with Gasteiger partial charge in [-0.25, -0.2) is 9.59 Å².